The molecule has 2 aromatic rings. The maximum atomic E-state index is 12.6. The van der Waals surface area contributed by atoms with Crippen molar-refractivity contribution in [1.29, 1.82) is 0 Å². The first kappa shape index (κ1) is 17.9. The fourth-order valence-corrected chi connectivity index (χ4v) is 3.79. The van der Waals surface area contributed by atoms with Crippen molar-refractivity contribution in [1.82, 2.24) is 0 Å². The van der Waals surface area contributed by atoms with Crippen molar-refractivity contribution in [2.24, 2.45) is 0 Å². The van der Waals surface area contributed by atoms with Crippen molar-refractivity contribution in [2.45, 2.75) is 31.9 Å². The van der Waals surface area contributed by atoms with Crippen molar-refractivity contribution in [2.75, 3.05) is 29.1 Å². The molecule has 1 saturated heterocycles. The van der Waals surface area contributed by atoms with Gasteiger partial charge in [-0.05, 0) is 54.8 Å². The van der Waals surface area contributed by atoms with Crippen LogP contribution in [0.3, 0.4) is 0 Å². The van der Waals surface area contributed by atoms with E-state index < -0.39 is 0 Å². The number of hydrogen-bond acceptors (Lipinski definition) is 3. The van der Waals surface area contributed by atoms with Gasteiger partial charge in [-0.15, -0.1) is 0 Å². The first-order chi connectivity index (χ1) is 12.3. The Morgan fingerprint density at radius 1 is 1.04 bits per heavy atom. The van der Waals surface area contributed by atoms with E-state index in [0.717, 1.165) is 36.0 Å². The predicted molar refractivity (Wildman–Crippen MR) is 109 cm³/mol. The zero-order valence-electron chi connectivity index (χ0n) is 14.8. The van der Waals surface area contributed by atoms with Crippen LogP contribution in [-0.4, -0.2) is 24.7 Å². The SMILES string of the molecule is CCSCc1ccc(C(=O)Nc2ccccc2N2CCCCC2)cc1. The van der Waals surface area contributed by atoms with Gasteiger partial charge in [0.05, 0.1) is 11.4 Å². The third-order valence-electron chi connectivity index (χ3n) is 4.54. The summed E-state index contributed by atoms with van der Waals surface area (Å²) in [5, 5.41) is 3.10. The summed E-state index contributed by atoms with van der Waals surface area (Å²) in [6.07, 6.45) is 3.74. The summed E-state index contributed by atoms with van der Waals surface area (Å²) in [5.41, 5.74) is 4.00. The maximum absolute atomic E-state index is 12.6. The summed E-state index contributed by atoms with van der Waals surface area (Å²) >= 11 is 1.89. The van der Waals surface area contributed by atoms with Crippen molar-refractivity contribution in [3.8, 4) is 0 Å². The summed E-state index contributed by atoms with van der Waals surface area (Å²) in [7, 11) is 0. The van der Waals surface area contributed by atoms with E-state index in [9.17, 15) is 4.79 Å². The molecule has 1 amide bonds. The minimum Gasteiger partial charge on any atom is -0.370 e. The highest BCUT2D eigenvalue weighted by Gasteiger charge is 2.16. The third-order valence-corrected chi connectivity index (χ3v) is 5.48. The highest BCUT2D eigenvalue weighted by Crippen LogP contribution is 2.28. The monoisotopic (exact) mass is 354 g/mol. The van der Waals surface area contributed by atoms with Crippen LogP contribution in [0.15, 0.2) is 48.5 Å². The molecule has 25 heavy (non-hydrogen) atoms. The van der Waals surface area contributed by atoms with Gasteiger partial charge < -0.3 is 10.2 Å². The fraction of sp³-hybridized carbons (Fsp3) is 0.381. The van der Waals surface area contributed by atoms with Crippen molar-refractivity contribution in [3.63, 3.8) is 0 Å². The number of benzene rings is 2. The molecule has 2 aromatic carbocycles. The van der Waals surface area contributed by atoms with E-state index in [1.807, 2.05) is 54.2 Å². The van der Waals surface area contributed by atoms with Crippen LogP contribution < -0.4 is 10.2 Å². The molecule has 1 fully saturated rings. The quantitative estimate of drug-likeness (QED) is 0.775. The molecule has 0 aromatic heterocycles. The molecule has 132 valence electrons. The molecule has 0 aliphatic carbocycles. The smallest absolute Gasteiger partial charge is 0.255 e. The lowest BCUT2D eigenvalue weighted by Gasteiger charge is -2.30. The molecular weight excluding hydrogens is 328 g/mol. The number of piperidine rings is 1. The van der Waals surface area contributed by atoms with E-state index in [1.54, 1.807) is 0 Å². The highest BCUT2D eigenvalue weighted by molar-refractivity contribution is 7.98. The zero-order chi connectivity index (χ0) is 17.5. The minimum absolute atomic E-state index is 0.0424. The molecule has 0 saturated carbocycles. The fourth-order valence-electron chi connectivity index (χ4n) is 3.16. The Labute approximate surface area is 154 Å². The third kappa shape index (κ3) is 4.79. The Morgan fingerprint density at radius 2 is 1.76 bits per heavy atom. The van der Waals surface area contributed by atoms with Crippen LogP contribution in [0.5, 0.6) is 0 Å². The number of nitrogens with one attached hydrogen (secondary N) is 1. The summed E-state index contributed by atoms with van der Waals surface area (Å²) in [5.74, 6) is 2.06. The Morgan fingerprint density at radius 3 is 2.48 bits per heavy atom. The van der Waals surface area contributed by atoms with Crippen LogP contribution in [0.2, 0.25) is 0 Å². The number of carbonyl (C=O) groups is 1. The highest BCUT2D eigenvalue weighted by atomic mass is 32.2. The van der Waals surface area contributed by atoms with E-state index in [1.165, 1.54) is 24.8 Å². The molecule has 0 spiro atoms. The molecule has 1 N–H and O–H groups in total. The Kier molecular flexibility index (Phi) is 6.40. The van der Waals surface area contributed by atoms with E-state index in [-0.39, 0.29) is 5.91 Å². The Balaban J connectivity index is 1.70. The number of para-hydroxylation sites is 2. The number of hydrogen-bond donors (Lipinski definition) is 1. The van der Waals surface area contributed by atoms with Gasteiger partial charge in [-0.1, -0.05) is 31.2 Å². The first-order valence-corrected chi connectivity index (χ1v) is 10.3. The maximum Gasteiger partial charge on any atom is 0.255 e. The van der Waals surface area contributed by atoms with Gasteiger partial charge in [0.1, 0.15) is 0 Å². The van der Waals surface area contributed by atoms with Crippen molar-refractivity contribution >= 4 is 29.0 Å². The van der Waals surface area contributed by atoms with E-state index in [2.05, 4.69) is 23.2 Å². The van der Waals surface area contributed by atoms with Crippen LogP contribution in [-0.2, 0) is 5.75 Å². The van der Waals surface area contributed by atoms with Gasteiger partial charge in [0.2, 0.25) is 0 Å². The van der Waals surface area contributed by atoms with Gasteiger partial charge in [0, 0.05) is 24.4 Å². The largest absolute Gasteiger partial charge is 0.370 e. The van der Waals surface area contributed by atoms with E-state index in [4.69, 9.17) is 0 Å². The van der Waals surface area contributed by atoms with E-state index >= 15 is 0 Å². The van der Waals surface area contributed by atoms with Gasteiger partial charge in [-0.3, -0.25) is 4.79 Å². The predicted octanol–water partition coefficient (Wildman–Crippen LogP) is 5.18. The van der Waals surface area contributed by atoms with Crippen LogP contribution >= 0.6 is 11.8 Å². The normalized spacial score (nSPS) is 14.4. The van der Waals surface area contributed by atoms with Crippen LogP contribution in [0, 0.1) is 0 Å². The number of amides is 1. The first-order valence-electron chi connectivity index (χ1n) is 9.10. The number of carbonyl (C=O) groups excluding carboxylic acids is 1. The van der Waals surface area contributed by atoms with Crippen molar-refractivity contribution in [3.05, 3.63) is 59.7 Å². The second-order valence-electron chi connectivity index (χ2n) is 6.35. The van der Waals surface area contributed by atoms with E-state index in [0.29, 0.717) is 5.56 Å². The summed E-state index contributed by atoms with van der Waals surface area (Å²) in [6, 6.07) is 16.1. The second kappa shape index (κ2) is 8.95. The zero-order valence-corrected chi connectivity index (χ0v) is 15.6. The van der Waals surface area contributed by atoms with Crippen LogP contribution in [0.1, 0.15) is 42.1 Å². The van der Waals surface area contributed by atoms with Gasteiger partial charge in [-0.2, -0.15) is 11.8 Å². The topological polar surface area (TPSA) is 32.3 Å². The molecule has 0 unspecified atom stereocenters. The van der Waals surface area contributed by atoms with Gasteiger partial charge in [0.25, 0.3) is 5.91 Å². The molecule has 0 radical (unpaired) electrons. The van der Waals surface area contributed by atoms with Crippen molar-refractivity contribution < 1.29 is 4.79 Å². The lowest BCUT2D eigenvalue weighted by Crippen LogP contribution is -2.30. The van der Waals surface area contributed by atoms with Gasteiger partial charge >= 0.3 is 0 Å². The number of rotatable bonds is 6. The lowest BCUT2D eigenvalue weighted by atomic mass is 10.1. The molecule has 4 heteroatoms. The standard InChI is InChI=1S/C21H26N2OS/c1-2-25-16-17-10-12-18(13-11-17)21(24)22-19-8-4-5-9-20(19)23-14-6-3-7-15-23/h4-5,8-13H,2-3,6-7,14-16H2,1H3,(H,22,24). The average molecular weight is 355 g/mol. The molecule has 0 atom stereocenters. The summed E-state index contributed by atoms with van der Waals surface area (Å²) < 4.78 is 0. The number of anilines is 2. The molecule has 0 bridgehead atoms. The Bertz CT molecular complexity index is 693. The molecule has 1 aliphatic heterocycles. The van der Waals surface area contributed by atoms with Crippen LogP contribution in [0.25, 0.3) is 0 Å². The Hall–Kier alpha value is -1.94. The molecular formula is C21H26N2OS. The number of thioether (sulfide) groups is 1. The second-order valence-corrected chi connectivity index (χ2v) is 7.63. The van der Waals surface area contributed by atoms with Gasteiger partial charge in [0.15, 0.2) is 0 Å². The molecule has 1 heterocycles. The van der Waals surface area contributed by atoms with Gasteiger partial charge in [-0.25, -0.2) is 0 Å². The summed E-state index contributed by atoms with van der Waals surface area (Å²) in [4.78, 5) is 15.0. The molecule has 1 aliphatic rings. The number of nitrogens with zero attached hydrogens (tertiary/aromatic N) is 1. The summed E-state index contributed by atoms with van der Waals surface area (Å²) in [6.45, 7) is 4.29. The van der Waals surface area contributed by atoms with Crippen LogP contribution in [0.4, 0.5) is 11.4 Å². The molecule has 3 nitrogen and oxygen atoms in total. The average Bonchev–Trinajstić information content (AvgIpc) is 2.68. The lowest BCUT2D eigenvalue weighted by molar-refractivity contribution is 0.102. The minimum atomic E-state index is -0.0424. The molecule has 3 rings (SSSR count).